The predicted molar refractivity (Wildman–Crippen MR) is 48.4 cm³/mol. The van der Waals surface area contributed by atoms with Crippen LogP contribution in [0, 0.1) is 6.92 Å². The first-order valence-electron chi connectivity index (χ1n) is 4.24. The SMILES string of the molecule is Cc1cccc2c1OC(=O)CC2N. The van der Waals surface area contributed by atoms with E-state index in [1.807, 2.05) is 25.1 Å². The molecule has 1 aromatic rings. The van der Waals surface area contributed by atoms with E-state index in [2.05, 4.69) is 0 Å². The topological polar surface area (TPSA) is 52.3 Å². The maximum absolute atomic E-state index is 11.1. The summed E-state index contributed by atoms with van der Waals surface area (Å²) in [4.78, 5) is 11.1. The average molecular weight is 177 g/mol. The Labute approximate surface area is 76.5 Å². The highest BCUT2D eigenvalue weighted by atomic mass is 16.5. The van der Waals surface area contributed by atoms with Gasteiger partial charge in [-0.25, -0.2) is 0 Å². The monoisotopic (exact) mass is 177 g/mol. The highest BCUT2D eigenvalue weighted by molar-refractivity contribution is 5.77. The molecule has 1 aliphatic heterocycles. The van der Waals surface area contributed by atoms with Crippen molar-refractivity contribution in [2.75, 3.05) is 0 Å². The van der Waals surface area contributed by atoms with Crippen LogP contribution >= 0.6 is 0 Å². The fourth-order valence-electron chi connectivity index (χ4n) is 1.55. The molecule has 1 aromatic carbocycles. The van der Waals surface area contributed by atoms with Gasteiger partial charge in [0.1, 0.15) is 5.75 Å². The summed E-state index contributed by atoms with van der Waals surface area (Å²) in [6, 6.07) is 5.52. The Kier molecular flexibility index (Phi) is 1.81. The molecule has 1 heterocycles. The van der Waals surface area contributed by atoms with Gasteiger partial charge < -0.3 is 10.5 Å². The minimum absolute atomic E-state index is 0.212. The molecule has 3 nitrogen and oxygen atoms in total. The standard InChI is InChI=1S/C10H11NO2/c1-6-3-2-4-7-8(11)5-9(12)13-10(6)7/h2-4,8H,5,11H2,1H3. The van der Waals surface area contributed by atoms with Gasteiger partial charge in [0.2, 0.25) is 0 Å². The number of carbonyl (C=O) groups excluding carboxylic acids is 1. The zero-order chi connectivity index (χ0) is 9.42. The number of hydrogen-bond acceptors (Lipinski definition) is 3. The van der Waals surface area contributed by atoms with E-state index in [9.17, 15) is 4.79 Å². The van der Waals surface area contributed by atoms with Crippen molar-refractivity contribution in [3.05, 3.63) is 29.3 Å². The molecule has 3 heteroatoms. The first kappa shape index (κ1) is 8.26. The Morgan fingerprint density at radius 1 is 1.54 bits per heavy atom. The van der Waals surface area contributed by atoms with Crippen molar-refractivity contribution in [2.24, 2.45) is 5.73 Å². The summed E-state index contributed by atoms with van der Waals surface area (Å²) in [7, 11) is 0. The number of para-hydroxylation sites is 1. The van der Waals surface area contributed by atoms with Crippen LogP contribution in [0.1, 0.15) is 23.6 Å². The molecule has 68 valence electrons. The molecule has 13 heavy (non-hydrogen) atoms. The second-order valence-corrected chi connectivity index (χ2v) is 3.28. The van der Waals surface area contributed by atoms with Crippen LogP contribution in [-0.2, 0) is 4.79 Å². The Morgan fingerprint density at radius 2 is 2.31 bits per heavy atom. The maximum Gasteiger partial charge on any atom is 0.313 e. The zero-order valence-corrected chi connectivity index (χ0v) is 7.41. The van der Waals surface area contributed by atoms with Crippen LogP contribution in [0.15, 0.2) is 18.2 Å². The number of hydrogen-bond donors (Lipinski definition) is 1. The van der Waals surface area contributed by atoms with Crippen LogP contribution in [0.25, 0.3) is 0 Å². The molecule has 0 aromatic heterocycles. The van der Waals surface area contributed by atoms with E-state index in [-0.39, 0.29) is 18.4 Å². The highest BCUT2D eigenvalue weighted by Gasteiger charge is 2.24. The molecule has 0 amide bonds. The summed E-state index contributed by atoms with van der Waals surface area (Å²) < 4.78 is 5.11. The Morgan fingerprint density at radius 3 is 3.08 bits per heavy atom. The lowest BCUT2D eigenvalue weighted by Crippen LogP contribution is -2.25. The molecule has 2 N–H and O–H groups in total. The second kappa shape index (κ2) is 2.85. The van der Waals surface area contributed by atoms with Crippen molar-refractivity contribution in [3.63, 3.8) is 0 Å². The van der Waals surface area contributed by atoms with Crippen molar-refractivity contribution in [3.8, 4) is 5.75 Å². The summed E-state index contributed by atoms with van der Waals surface area (Å²) in [6.45, 7) is 1.91. The van der Waals surface area contributed by atoms with Gasteiger partial charge in [-0.05, 0) is 12.5 Å². The van der Waals surface area contributed by atoms with Crippen LogP contribution in [0.3, 0.4) is 0 Å². The molecule has 0 aliphatic carbocycles. The van der Waals surface area contributed by atoms with Gasteiger partial charge in [0.15, 0.2) is 0 Å². The van der Waals surface area contributed by atoms with Gasteiger partial charge in [0.25, 0.3) is 0 Å². The molecular formula is C10H11NO2. The fraction of sp³-hybridized carbons (Fsp3) is 0.300. The average Bonchev–Trinajstić information content (AvgIpc) is 2.07. The van der Waals surface area contributed by atoms with E-state index in [0.29, 0.717) is 5.75 Å². The molecular weight excluding hydrogens is 166 g/mol. The molecule has 0 radical (unpaired) electrons. The van der Waals surface area contributed by atoms with Crippen molar-refractivity contribution < 1.29 is 9.53 Å². The van der Waals surface area contributed by atoms with Crippen molar-refractivity contribution >= 4 is 5.97 Å². The lowest BCUT2D eigenvalue weighted by atomic mass is 9.99. The number of carbonyl (C=O) groups is 1. The van der Waals surface area contributed by atoms with E-state index >= 15 is 0 Å². The first-order chi connectivity index (χ1) is 6.18. The van der Waals surface area contributed by atoms with Gasteiger partial charge in [-0.2, -0.15) is 0 Å². The van der Waals surface area contributed by atoms with E-state index in [0.717, 1.165) is 11.1 Å². The molecule has 1 unspecified atom stereocenters. The van der Waals surface area contributed by atoms with E-state index in [1.165, 1.54) is 0 Å². The first-order valence-corrected chi connectivity index (χ1v) is 4.24. The van der Waals surface area contributed by atoms with Crippen LogP contribution in [0.4, 0.5) is 0 Å². The quantitative estimate of drug-likeness (QED) is 0.480. The number of rotatable bonds is 0. The summed E-state index contributed by atoms with van der Waals surface area (Å²) in [5.41, 5.74) is 7.69. The normalized spacial score (nSPS) is 20.8. The number of nitrogens with two attached hydrogens (primary N) is 1. The van der Waals surface area contributed by atoms with Gasteiger partial charge in [-0.3, -0.25) is 4.79 Å². The van der Waals surface area contributed by atoms with Gasteiger partial charge >= 0.3 is 5.97 Å². The maximum atomic E-state index is 11.1. The third kappa shape index (κ3) is 1.31. The number of fused-ring (bicyclic) bond motifs is 1. The molecule has 2 rings (SSSR count). The minimum Gasteiger partial charge on any atom is -0.426 e. The Hall–Kier alpha value is -1.35. The smallest absolute Gasteiger partial charge is 0.313 e. The lowest BCUT2D eigenvalue weighted by molar-refractivity contribution is -0.135. The van der Waals surface area contributed by atoms with Crippen molar-refractivity contribution in [1.29, 1.82) is 0 Å². The largest absolute Gasteiger partial charge is 0.426 e. The Bertz CT molecular complexity index is 360. The predicted octanol–water partition coefficient (Wildman–Crippen LogP) is 1.30. The highest BCUT2D eigenvalue weighted by Crippen LogP contribution is 2.33. The second-order valence-electron chi connectivity index (χ2n) is 3.28. The summed E-state index contributed by atoms with van der Waals surface area (Å²) in [5.74, 6) is 0.403. The molecule has 1 aliphatic rings. The van der Waals surface area contributed by atoms with Crippen LogP contribution in [0.5, 0.6) is 5.75 Å². The molecule has 0 fully saturated rings. The lowest BCUT2D eigenvalue weighted by Gasteiger charge is -2.22. The van der Waals surface area contributed by atoms with Crippen LogP contribution in [0.2, 0.25) is 0 Å². The van der Waals surface area contributed by atoms with Gasteiger partial charge in [0, 0.05) is 11.6 Å². The third-order valence-electron chi connectivity index (χ3n) is 2.24. The number of aryl methyl sites for hydroxylation is 1. The molecule has 0 spiro atoms. The summed E-state index contributed by atoms with van der Waals surface area (Å²) in [5, 5.41) is 0. The van der Waals surface area contributed by atoms with Crippen LogP contribution < -0.4 is 10.5 Å². The van der Waals surface area contributed by atoms with Crippen LogP contribution in [-0.4, -0.2) is 5.97 Å². The van der Waals surface area contributed by atoms with E-state index in [4.69, 9.17) is 10.5 Å². The van der Waals surface area contributed by atoms with Crippen molar-refractivity contribution in [2.45, 2.75) is 19.4 Å². The van der Waals surface area contributed by atoms with E-state index in [1.54, 1.807) is 0 Å². The molecule has 0 bridgehead atoms. The minimum atomic E-state index is -0.241. The van der Waals surface area contributed by atoms with Gasteiger partial charge in [-0.15, -0.1) is 0 Å². The van der Waals surface area contributed by atoms with Gasteiger partial charge in [-0.1, -0.05) is 18.2 Å². The van der Waals surface area contributed by atoms with Crippen molar-refractivity contribution in [1.82, 2.24) is 0 Å². The summed E-state index contributed by atoms with van der Waals surface area (Å²) >= 11 is 0. The summed E-state index contributed by atoms with van der Waals surface area (Å²) in [6.07, 6.45) is 0.274. The van der Waals surface area contributed by atoms with Gasteiger partial charge in [0.05, 0.1) is 6.42 Å². The van der Waals surface area contributed by atoms with E-state index < -0.39 is 0 Å². The Balaban J connectivity index is 2.54. The fourth-order valence-corrected chi connectivity index (χ4v) is 1.55. The molecule has 0 saturated heterocycles. The number of ether oxygens (including phenoxy) is 1. The molecule has 1 atom stereocenters. The zero-order valence-electron chi connectivity index (χ0n) is 7.41. The number of esters is 1. The molecule has 0 saturated carbocycles. The number of benzene rings is 1. The third-order valence-corrected chi connectivity index (χ3v) is 2.24.